The molecule has 1 amide bonds. The number of fused-ring (bicyclic) bond motifs is 1. The number of para-hydroxylation sites is 1. The summed E-state index contributed by atoms with van der Waals surface area (Å²) in [6, 6.07) is 17.2. The van der Waals surface area contributed by atoms with E-state index in [2.05, 4.69) is 10.3 Å². The highest BCUT2D eigenvalue weighted by atomic mass is 32.2. The number of aromatic nitrogens is 1. The lowest BCUT2D eigenvalue weighted by atomic mass is 10.2. The largest absolute Gasteiger partial charge is 0.467 e. The van der Waals surface area contributed by atoms with Gasteiger partial charge in [-0.05, 0) is 17.7 Å². The summed E-state index contributed by atoms with van der Waals surface area (Å²) in [5, 5.41) is 2.78. The lowest BCUT2D eigenvalue weighted by molar-refractivity contribution is -0.144. The van der Waals surface area contributed by atoms with E-state index in [0.29, 0.717) is 5.75 Å². The summed E-state index contributed by atoms with van der Waals surface area (Å²) in [4.78, 5) is 28.8. The molecule has 5 nitrogen and oxygen atoms in total. The Labute approximate surface area is 176 Å². The number of carbonyl (C=O) groups excluding carboxylic acids is 2. The highest BCUT2D eigenvalue weighted by Gasteiger charge is 2.21. The van der Waals surface area contributed by atoms with Crippen LogP contribution in [0.15, 0.2) is 58.9 Å². The first kappa shape index (κ1) is 20.7. The first-order valence-electron chi connectivity index (χ1n) is 8.63. The number of thioether (sulfide) groups is 2. The van der Waals surface area contributed by atoms with Crippen molar-refractivity contribution in [2.45, 2.75) is 16.1 Å². The molecule has 1 atom stereocenters. The number of amides is 1. The van der Waals surface area contributed by atoms with Gasteiger partial charge >= 0.3 is 5.97 Å². The second-order valence-corrected chi connectivity index (χ2v) is 9.16. The summed E-state index contributed by atoms with van der Waals surface area (Å²) in [5.74, 6) is 0.791. The highest BCUT2D eigenvalue weighted by molar-refractivity contribution is 8.01. The number of nitrogens with one attached hydrogen (secondary N) is 1. The van der Waals surface area contributed by atoms with E-state index in [0.717, 1.165) is 20.3 Å². The first-order valence-corrected chi connectivity index (χ1v) is 11.6. The monoisotopic (exact) mass is 432 g/mol. The molecule has 8 heteroatoms. The quantitative estimate of drug-likeness (QED) is 0.407. The van der Waals surface area contributed by atoms with Crippen LogP contribution < -0.4 is 5.32 Å². The molecular formula is C20H20N2O3S3. The Morgan fingerprint density at radius 3 is 2.64 bits per heavy atom. The second kappa shape index (κ2) is 10.5. The van der Waals surface area contributed by atoms with Crippen LogP contribution in [-0.2, 0) is 20.1 Å². The number of esters is 1. The van der Waals surface area contributed by atoms with Gasteiger partial charge in [-0.3, -0.25) is 4.79 Å². The van der Waals surface area contributed by atoms with Crippen LogP contribution in [0.2, 0.25) is 0 Å². The van der Waals surface area contributed by atoms with Gasteiger partial charge in [0.2, 0.25) is 5.91 Å². The lowest BCUT2D eigenvalue weighted by Gasteiger charge is -2.16. The van der Waals surface area contributed by atoms with Crippen molar-refractivity contribution in [1.29, 1.82) is 0 Å². The van der Waals surface area contributed by atoms with E-state index in [1.54, 1.807) is 23.1 Å². The van der Waals surface area contributed by atoms with E-state index < -0.39 is 12.0 Å². The molecule has 1 aromatic heterocycles. The van der Waals surface area contributed by atoms with Crippen molar-refractivity contribution in [2.75, 3.05) is 18.6 Å². The maximum atomic E-state index is 12.3. The van der Waals surface area contributed by atoms with E-state index in [9.17, 15) is 9.59 Å². The van der Waals surface area contributed by atoms with Gasteiger partial charge in [-0.2, -0.15) is 11.8 Å². The van der Waals surface area contributed by atoms with Gasteiger partial charge in [-0.15, -0.1) is 11.3 Å². The zero-order chi connectivity index (χ0) is 19.8. The zero-order valence-corrected chi connectivity index (χ0v) is 17.7. The Morgan fingerprint density at radius 2 is 1.89 bits per heavy atom. The maximum Gasteiger partial charge on any atom is 0.329 e. The summed E-state index contributed by atoms with van der Waals surface area (Å²) in [7, 11) is 1.33. The number of hydrogen-bond acceptors (Lipinski definition) is 7. The molecule has 1 unspecified atom stereocenters. The van der Waals surface area contributed by atoms with Crippen molar-refractivity contribution in [3.8, 4) is 0 Å². The van der Waals surface area contributed by atoms with Crippen LogP contribution in [0.4, 0.5) is 0 Å². The molecule has 146 valence electrons. The summed E-state index contributed by atoms with van der Waals surface area (Å²) >= 11 is 4.51. The number of benzene rings is 2. The van der Waals surface area contributed by atoms with Crippen molar-refractivity contribution in [1.82, 2.24) is 10.3 Å². The fourth-order valence-corrected chi connectivity index (χ4v) is 5.34. The van der Waals surface area contributed by atoms with Crippen LogP contribution in [0.1, 0.15) is 5.56 Å². The average Bonchev–Trinajstić information content (AvgIpc) is 3.15. The number of rotatable bonds is 9. The molecule has 28 heavy (non-hydrogen) atoms. The molecule has 0 spiro atoms. The summed E-state index contributed by atoms with van der Waals surface area (Å²) in [6.45, 7) is 0. The topological polar surface area (TPSA) is 68.3 Å². The molecule has 0 radical (unpaired) electrons. The van der Waals surface area contributed by atoms with Crippen molar-refractivity contribution in [3.63, 3.8) is 0 Å². The third-order valence-electron chi connectivity index (χ3n) is 3.82. The number of methoxy groups -OCH3 is 1. The number of nitrogens with zero attached hydrogens (tertiary/aromatic N) is 1. The molecule has 0 bridgehead atoms. The minimum absolute atomic E-state index is 0.205. The van der Waals surface area contributed by atoms with Crippen molar-refractivity contribution in [3.05, 3.63) is 60.2 Å². The van der Waals surface area contributed by atoms with Crippen LogP contribution in [0.5, 0.6) is 0 Å². The van der Waals surface area contributed by atoms with Crippen molar-refractivity contribution < 1.29 is 14.3 Å². The fraction of sp³-hybridized carbons (Fsp3) is 0.250. The molecule has 3 rings (SSSR count). The number of hydrogen-bond donors (Lipinski definition) is 1. The van der Waals surface area contributed by atoms with Crippen LogP contribution in [-0.4, -0.2) is 41.5 Å². The van der Waals surface area contributed by atoms with Gasteiger partial charge in [0.1, 0.15) is 6.04 Å². The van der Waals surface area contributed by atoms with Gasteiger partial charge in [-0.25, -0.2) is 9.78 Å². The van der Waals surface area contributed by atoms with Gasteiger partial charge in [0.25, 0.3) is 0 Å². The molecule has 0 aliphatic heterocycles. The Kier molecular flexibility index (Phi) is 7.76. The predicted molar refractivity (Wildman–Crippen MR) is 117 cm³/mol. The fourth-order valence-electron chi connectivity index (χ4n) is 2.46. The minimum atomic E-state index is -0.665. The van der Waals surface area contributed by atoms with Crippen molar-refractivity contribution in [2.24, 2.45) is 0 Å². The third-order valence-corrected chi connectivity index (χ3v) is 7.10. The highest BCUT2D eigenvalue weighted by Crippen LogP contribution is 2.29. The Hall–Kier alpha value is -2.03. The number of carbonyl (C=O) groups is 2. The van der Waals surface area contributed by atoms with Gasteiger partial charge in [0.05, 0.1) is 23.1 Å². The molecule has 3 aromatic rings. The molecule has 0 aliphatic rings. The van der Waals surface area contributed by atoms with Gasteiger partial charge in [-0.1, -0.05) is 54.2 Å². The van der Waals surface area contributed by atoms with Gasteiger partial charge < -0.3 is 10.1 Å². The number of ether oxygens (including phenoxy) is 1. The molecule has 1 heterocycles. The predicted octanol–water partition coefficient (Wildman–Crippen LogP) is 3.98. The summed E-state index contributed by atoms with van der Waals surface area (Å²) < 4.78 is 6.76. The maximum absolute atomic E-state index is 12.3. The lowest BCUT2D eigenvalue weighted by Crippen LogP contribution is -2.44. The van der Waals surface area contributed by atoms with Gasteiger partial charge in [0, 0.05) is 11.5 Å². The summed E-state index contributed by atoms with van der Waals surface area (Å²) in [5.41, 5.74) is 2.11. The van der Waals surface area contributed by atoms with E-state index in [1.807, 2.05) is 54.6 Å². The second-order valence-electron chi connectivity index (χ2n) is 5.88. The molecule has 2 aromatic carbocycles. The SMILES string of the molecule is COC(=O)C(CSCc1ccccc1)NC(=O)CSc1nc2ccccc2s1. The van der Waals surface area contributed by atoms with Crippen LogP contribution >= 0.6 is 34.9 Å². The Morgan fingerprint density at radius 1 is 1.14 bits per heavy atom. The van der Waals surface area contributed by atoms with E-state index >= 15 is 0 Å². The third kappa shape index (κ3) is 5.98. The van der Waals surface area contributed by atoms with E-state index in [4.69, 9.17) is 4.74 Å². The molecule has 0 fully saturated rings. The Bertz CT molecular complexity index is 898. The molecule has 0 saturated heterocycles. The minimum Gasteiger partial charge on any atom is -0.467 e. The zero-order valence-electron chi connectivity index (χ0n) is 15.3. The van der Waals surface area contributed by atoms with Crippen LogP contribution in [0.3, 0.4) is 0 Å². The summed E-state index contributed by atoms with van der Waals surface area (Å²) in [6.07, 6.45) is 0. The number of thiazole rings is 1. The normalized spacial score (nSPS) is 11.9. The van der Waals surface area contributed by atoms with Crippen LogP contribution in [0, 0.1) is 0 Å². The smallest absolute Gasteiger partial charge is 0.329 e. The van der Waals surface area contributed by atoms with Gasteiger partial charge in [0.15, 0.2) is 4.34 Å². The van der Waals surface area contributed by atoms with E-state index in [1.165, 1.54) is 24.4 Å². The van der Waals surface area contributed by atoms with Crippen LogP contribution in [0.25, 0.3) is 10.2 Å². The molecule has 1 N–H and O–H groups in total. The first-order chi connectivity index (χ1) is 13.7. The molecule has 0 aliphatic carbocycles. The standard InChI is InChI=1S/C20H20N2O3S3/c1-25-19(24)16(12-26-11-14-7-3-2-4-8-14)21-18(23)13-27-20-22-15-9-5-6-10-17(15)28-20/h2-10,16H,11-13H2,1H3,(H,21,23). The average molecular weight is 433 g/mol. The Balaban J connectivity index is 1.49. The molecule has 0 saturated carbocycles. The van der Waals surface area contributed by atoms with E-state index in [-0.39, 0.29) is 11.7 Å². The molecular weight excluding hydrogens is 412 g/mol. The van der Waals surface area contributed by atoms with Crippen molar-refractivity contribution >= 4 is 57.0 Å².